The predicted octanol–water partition coefficient (Wildman–Crippen LogP) is 3.00. The second-order valence-corrected chi connectivity index (χ2v) is 4.34. The summed E-state index contributed by atoms with van der Waals surface area (Å²) in [5, 5.41) is 22.9. The normalized spacial score (nSPS) is 10.2. The van der Waals surface area contributed by atoms with Crippen molar-refractivity contribution in [3.8, 4) is 5.75 Å². The Kier molecular flexibility index (Phi) is 3.84. The Morgan fingerprint density at radius 3 is 2.67 bits per heavy atom. The number of hydrogen-bond acceptors (Lipinski definition) is 4. The van der Waals surface area contributed by atoms with Gasteiger partial charge in [0.05, 0.1) is 10.5 Å². The Morgan fingerprint density at radius 1 is 1.33 bits per heavy atom. The van der Waals surface area contributed by atoms with E-state index in [9.17, 15) is 24.4 Å². The van der Waals surface area contributed by atoms with Crippen LogP contribution >= 0.6 is 0 Å². The first kappa shape index (κ1) is 14.4. The van der Waals surface area contributed by atoms with Gasteiger partial charge in [0.2, 0.25) is 5.75 Å². The molecular formula is C14H11FN2O4. The van der Waals surface area contributed by atoms with E-state index in [2.05, 4.69) is 5.32 Å². The second-order valence-electron chi connectivity index (χ2n) is 4.34. The largest absolute Gasteiger partial charge is 0.502 e. The summed E-state index contributed by atoms with van der Waals surface area (Å²) < 4.78 is 13.0. The molecule has 21 heavy (non-hydrogen) atoms. The van der Waals surface area contributed by atoms with Crippen molar-refractivity contribution in [3.05, 3.63) is 63.5 Å². The molecule has 0 radical (unpaired) electrons. The van der Waals surface area contributed by atoms with E-state index in [0.717, 1.165) is 6.07 Å². The molecule has 2 rings (SSSR count). The molecule has 0 spiro atoms. The van der Waals surface area contributed by atoms with Gasteiger partial charge in [-0.25, -0.2) is 4.39 Å². The van der Waals surface area contributed by atoms with E-state index in [-0.39, 0.29) is 5.56 Å². The summed E-state index contributed by atoms with van der Waals surface area (Å²) in [6.45, 7) is 1.60. The molecule has 0 aliphatic heterocycles. The summed E-state index contributed by atoms with van der Waals surface area (Å²) in [5.74, 6) is -1.87. The third kappa shape index (κ3) is 2.97. The molecular weight excluding hydrogens is 279 g/mol. The molecule has 2 aromatic carbocycles. The maximum Gasteiger partial charge on any atom is 0.311 e. The zero-order valence-electron chi connectivity index (χ0n) is 11.0. The minimum absolute atomic E-state index is 0.229. The number of hydrogen-bond donors (Lipinski definition) is 2. The summed E-state index contributed by atoms with van der Waals surface area (Å²) in [6.07, 6.45) is 0. The van der Waals surface area contributed by atoms with Crippen LogP contribution in [0.25, 0.3) is 0 Å². The van der Waals surface area contributed by atoms with Crippen LogP contribution in [0, 0.1) is 22.9 Å². The molecule has 0 saturated heterocycles. The van der Waals surface area contributed by atoms with Crippen LogP contribution in [0.2, 0.25) is 0 Å². The highest BCUT2D eigenvalue weighted by atomic mass is 19.1. The molecule has 0 bridgehead atoms. The van der Waals surface area contributed by atoms with E-state index in [1.54, 1.807) is 6.92 Å². The van der Waals surface area contributed by atoms with Crippen LogP contribution in [-0.2, 0) is 0 Å². The SMILES string of the molecule is Cc1cc(F)ccc1NC(=O)c1cccc([N+](=O)[O-])c1O. The van der Waals surface area contributed by atoms with Crippen molar-refractivity contribution in [3.63, 3.8) is 0 Å². The fourth-order valence-corrected chi connectivity index (χ4v) is 1.82. The van der Waals surface area contributed by atoms with Crippen LogP contribution < -0.4 is 5.32 Å². The number of nitro groups is 1. The quantitative estimate of drug-likeness (QED) is 0.671. The van der Waals surface area contributed by atoms with Gasteiger partial charge in [0, 0.05) is 11.8 Å². The van der Waals surface area contributed by atoms with Crippen LogP contribution in [0.5, 0.6) is 5.75 Å². The molecule has 108 valence electrons. The van der Waals surface area contributed by atoms with Crippen molar-refractivity contribution in [2.24, 2.45) is 0 Å². The lowest BCUT2D eigenvalue weighted by Crippen LogP contribution is -2.13. The average molecular weight is 290 g/mol. The Labute approximate surface area is 119 Å². The standard InChI is InChI=1S/C14H11FN2O4/c1-8-7-9(15)5-6-11(8)16-14(19)10-3-2-4-12(13(10)18)17(20)21/h2-7,18H,1H3,(H,16,19). The molecule has 0 aliphatic rings. The lowest BCUT2D eigenvalue weighted by Gasteiger charge is -2.09. The number of aromatic hydroxyl groups is 1. The number of phenols is 1. The number of anilines is 1. The van der Waals surface area contributed by atoms with Gasteiger partial charge in [-0.1, -0.05) is 6.07 Å². The first-order chi connectivity index (χ1) is 9.90. The summed E-state index contributed by atoms with van der Waals surface area (Å²) >= 11 is 0. The number of carbonyl (C=O) groups is 1. The van der Waals surface area contributed by atoms with Crippen LogP contribution in [-0.4, -0.2) is 15.9 Å². The third-order valence-electron chi connectivity index (χ3n) is 2.89. The number of nitrogens with one attached hydrogen (secondary N) is 1. The predicted molar refractivity (Wildman–Crippen MR) is 73.9 cm³/mol. The molecule has 6 nitrogen and oxygen atoms in total. The number of halogens is 1. The number of amides is 1. The van der Waals surface area contributed by atoms with E-state index in [0.29, 0.717) is 11.3 Å². The van der Waals surface area contributed by atoms with Gasteiger partial charge in [-0.15, -0.1) is 0 Å². The van der Waals surface area contributed by atoms with Crippen molar-refractivity contribution < 1.29 is 19.2 Å². The van der Waals surface area contributed by atoms with Gasteiger partial charge in [-0.2, -0.15) is 0 Å². The molecule has 0 saturated carbocycles. The lowest BCUT2D eigenvalue weighted by molar-refractivity contribution is -0.385. The van der Waals surface area contributed by atoms with Gasteiger partial charge in [-0.3, -0.25) is 14.9 Å². The van der Waals surface area contributed by atoms with Crippen LogP contribution in [0.15, 0.2) is 36.4 Å². The van der Waals surface area contributed by atoms with Gasteiger partial charge in [0.15, 0.2) is 0 Å². The first-order valence-electron chi connectivity index (χ1n) is 5.94. The number of rotatable bonds is 3. The molecule has 0 aliphatic carbocycles. The molecule has 0 atom stereocenters. The van der Waals surface area contributed by atoms with Crippen LogP contribution in [0.3, 0.4) is 0 Å². The highest BCUT2D eigenvalue weighted by molar-refractivity contribution is 6.07. The van der Waals surface area contributed by atoms with Gasteiger partial charge >= 0.3 is 5.69 Å². The van der Waals surface area contributed by atoms with Crippen molar-refractivity contribution in [2.45, 2.75) is 6.92 Å². The molecule has 0 heterocycles. The van der Waals surface area contributed by atoms with Crippen LogP contribution in [0.4, 0.5) is 15.8 Å². The van der Waals surface area contributed by atoms with E-state index >= 15 is 0 Å². The van der Waals surface area contributed by atoms with Crippen molar-refractivity contribution in [2.75, 3.05) is 5.32 Å². The minimum atomic E-state index is -0.782. The average Bonchev–Trinajstić information content (AvgIpc) is 2.41. The number of phenolic OH excluding ortho intramolecular Hbond substituents is 1. The van der Waals surface area contributed by atoms with E-state index < -0.39 is 28.1 Å². The lowest BCUT2D eigenvalue weighted by atomic mass is 10.1. The summed E-state index contributed by atoms with van der Waals surface area (Å²) in [5.41, 5.74) is 0.0620. The topological polar surface area (TPSA) is 92.5 Å². The van der Waals surface area contributed by atoms with E-state index in [4.69, 9.17) is 0 Å². The maximum absolute atomic E-state index is 13.0. The minimum Gasteiger partial charge on any atom is -0.502 e. The smallest absolute Gasteiger partial charge is 0.311 e. The Bertz CT molecular complexity index is 731. The van der Waals surface area contributed by atoms with Gasteiger partial charge < -0.3 is 10.4 Å². The molecule has 0 fully saturated rings. The molecule has 2 aromatic rings. The van der Waals surface area contributed by atoms with Crippen LogP contribution in [0.1, 0.15) is 15.9 Å². The number of benzene rings is 2. The second kappa shape index (κ2) is 5.58. The van der Waals surface area contributed by atoms with E-state index in [1.807, 2.05) is 0 Å². The summed E-state index contributed by atoms with van der Waals surface area (Å²) in [6, 6.07) is 7.44. The zero-order valence-corrected chi connectivity index (χ0v) is 11.0. The third-order valence-corrected chi connectivity index (χ3v) is 2.89. The number of aryl methyl sites for hydroxylation is 1. The first-order valence-corrected chi connectivity index (χ1v) is 5.94. The Hall–Kier alpha value is -2.96. The number of para-hydroxylation sites is 1. The highest BCUT2D eigenvalue weighted by Crippen LogP contribution is 2.30. The molecule has 7 heteroatoms. The monoisotopic (exact) mass is 290 g/mol. The fraction of sp³-hybridized carbons (Fsp3) is 0.0714. The molecule has 0 aromatic heterocycles. The van der Waals surface area contributed by atoms with Crippen molar-refractivity contribution in [1.29, 1.82) is 0 Å². The summed E-state index contributed by atoms with van der Waals surface area (Å²) in [7, 11) is 0. The van der Waals surface area contributed by atoms with Crippen molar-refractivity contribution in [1.82, 2.24) is 0 Å². The number of nitrogens with zero attached hydrogens (tertiary/aromatic N) is 1. The van der Waals surface area contributed by atoms with Gasteiger partial charge in [0.25, 0.3) is 5.91 Å². The highest BCUT2D eigenvalue weighted by Gasteiger charge is 2.21. The molecule has 0 unspecified atom stereocenters. The Morgan fingerprint density at radius 2 is 2.05 bits per heavy atom. The van der Waals surface area contributed by atoms with E-state index in [1.165, 1.54) is 30.3 Å². The number of nitro benzene ring substituents is 1. The number of carbonyl (C=O) groups excluding carboxylic acids is 1. The molecule has 1 amide bonds. The fourth-order valence-electron chi connectivity index (χ4n) is 1.82. The van der Waals surface area contributed by atoms with Gasteiger partial charge in [-0.05, 0) is 36.8 Å². The molecule has 2 N–H and O–H groups in total. The summed E-state index contributed by atoms with van der Waals surface area (Å²) in [4.78, 5) is 22.0. The van der Waals surface area contributed by atoms with Crippen molar-refractivity contribution >= 4 is 17.3 Å². The maximum atomic E-state index is 13.0. The zero-order chi connectivity index (χ0) is 15.6. The van der Waals surface area contributed by atoms with Gasteiger partial charge in [0.1, 0.15) is 5.82 Å². The Balaban J connectivity index is 2.33.